The fourth-order valence-corrected chi connectivity index (χ4v) is 3.96. The number of aryl methyl sites for hydroxylation is 1. The van der Waals surface area contributed by atoms with Crippen molar-refractivity contribution < 1.29 is 5.11 Å². The number of fused-ring (bicyclic) bond motifs is 1. The highest BCUT2D eigenvalue weighted by Crippen LogP contribution is 2.38. The quantitative estimate of drug-likeness (QED) is 0.812. The van der Waals surface area contributed by atoms with E-state index in [4.69, 9.17) is 11.6 Å². The molecule has 0 bridgehead atoms. The minimum atomic E-state index is 0.353. The lowest BCUT2D eigenvalue weighted by atomic mass is 9.86. The van der Waals surface area contributed by atoms with Gasteiger partial charge < -0.3 is 10.4 Å². The Hall–Kier alpha value is -0.730. The summed E-state index contributed by atoms with van der Waals surface area (Å²) >= 11 is 6.26. The smallest absolute Gasteiger partial charge is 0.137 e. The Morgan fingerprint density at radius 3 is 2.70 bits per heavy atom. The van der Waals surface area contributed by atoms with Gasteiger partial charge in [0.1, 0.15) is 5.75 Å². The fourth-order valence-electron chi connectivity index (χ4n) is 3.71. The first-order valence-electron chi connectivity index (χ1n) is 7.98. The van der Waals surface area contributed by atoms with Gasteiger partial charge in [-0.15, -0.1) is 0 Å². The minimum absolute atomic E-state index is 0.353. The number of halogens is 1. The van der Waals surface area contributed by atoms with Crippen molar-refractivity contribution >= 4 is 11.6 Å². The van der Waals surface area contributed by atoms with E-state index in [0.29, 0.717) is 16.7 Å². The van der Waals surface area contributed by atoms with Crippen LogP contribution in [0.3, 0.4) is 0 Å². The van der Waals surface area contributed by atoms with Crippen LogP contribution in [0, 0.1) is 5.92 Å². The number of aromatic hydroxyl groups is 1. The maximum Gasteiger partial charge on any atom is 0.137 e. The first kappa shape index (κ1) is 14.2. The Bertz CT molecular complexity index is 480. The summed E-state index contributed by atoms with van der Waals surface area (Å²) in [5.74, 6) is 1.04. The molecule has 0 atom stereocenters. The molecule has 1 heterocycles. The Labute approximate surface area is 126 Å². The van der Waals surface area contributed by atoms with Crippen molar-refractivity contribution in [2.45, 2.75) is 51.4 Å². The van der Waals surface area contributed by atoms with E-state index in [9.17, 15) is 5.11 Å². The van der Waals surface area contributed by atoms with Crippen LogP contribution in [-0.2, 0) is 19.3 Å². The van der Waals surface area contributed by atoms with Gasteiger partial charge in [-0.25, -0.2) is 0 Å². The molecule has 20 heavy (non-hydrogen) atoms. The molecule has 0 amide bonds. The van der Waals surface area contributed by atoms with Crippen molar-refractivity contribution in [3.05, 3.63) is 27.8 Å². The summed E-state index contributed by atoms with van der Waals surface area (Å²) in [5, 5.41) is 14.4. The fraction of sp³-hybridized carbons (Fsp3) is 0.647. The van der Waals surface area contributed by atoms with Gasteiger partial charge in [0, 0.05) is 0 Å². The summed E-state index contributed by atoms with van der Waals surface area (Å²) in [4.78, 5) is 0. The van der Waals surface area contributed by atoms with Gasteiger partial charge in [-0.05, 0) is 86.7 Å². The second-order valence-corrected chi connectivity index (χ2v) is 6.69. The Kier molecular flexibility index (Phi) is 4.52. The molecule has 0 aromatic heterocycles. The minimum Gasteiger partial charge on any atom is -0.506 e. The average Bonchev–Trinajstić information content (AvgIpc) is 2.70. The van der Waals surface area contributed by atoms with Crippen LogP contribution >= 0.6 is 11.6 Å². The number of benzene rings is 1. The number of rotatable bonds is 2. The monoisotopic (exact) mass is 293 g/mol. The van der Waals surface area contributed by atoms with Gasteiger partial charge in [-0.2, -0.15) is 0 Å². The molecule has 2 aliphatic rings. The summed E-state index contributed by atoms with van der Waals surface area (Å²) in [7, 11) is 0. The molecule has 1 saturated heterocycles. The SMILES string of the molecule is Oc1c(Cl)cc2c(c1CC1CCNCC1)CCCCC2. The second-order valence-electron chi connectivity index (χ2n) is 6.28. The molecular weight excluding hydrogens is 270 g/mol. The molecule has 1 aliphatic carbocycles. The molecule has 2 nitrogen and oxygen atoms in total. The third-order valence-corrected chi connectivity index (χ3v) is 5.18. The summed E-state index contributed by atoms with van der Waals surface area (Å²) in [6.45, 7) is 2.21. The third-order valence-electron chi connectivity index (χ3n) is 4.89. The van der Waals surface area contributed by atoms with Crippen LogP contribution in [0.15, 0.2) is 6.07 Å². The molecular formula is C17H24ClNO. The molecule has 3 rings (SSSR count). The predicted molar refractivity (Wildman–Crippen MR) is 83.7 cm³/mol. The zero-order valence-electron chi connectivity index (χ0n) is 12.1. The molecule has 0 spiro atoms. The van der Waals surface area contributed by atoms with E-state index < -0.39 is 0 Å². The molecule has 0 saturated carbocycles. The Morgan fingerprint density at radius 2 is 1.90 bits per heavy atom. The normalized spacial score (nSPS) is 20.4. The van der Waals surface area contributed by atoms with Crippen LogP contribution < -0.4 is 5.32 Å². The number of hydrogen-bond acceptors (Lipinski definition) is 2. The Morgan fingerprint density at radius 1 is 1.15 bits per heavy atom. The number of piperidine rings is 1. The van der Waals surface area contributed by atoms with Gasteiger partial charge in [-0.1, -0.05) is 18.0 Å². The summed E-state index contributed by atoms with van der Waals surface area (Å²) in [5.41, 5.74) is 3.94. The van der Waals surface area contributed by atoms with Crippen LogP contribution in [-0.4, -0.2) is 18.2 Å². The zero-order chi connectivity index (χ0) is 13.9. The van der Waals surface area contributed by atoms with Crippen LogP contribution in [0.25, 0.3) is 0 Å². The van der Waals surface area contributed by atoms with Crippen LogP contribution in [0.5, 0.6) is 5.75 Å². The van der Waals surface area contributed by atoms with Crippen LogP contribution in [0.4, 0.5) is 0 Å². The topological polar surface area (TPSA) is 32.3 Å². The van der Waals surface area contributed by atoms with Gasteiger partial charge in [0.05, 0.1) is 5.02 Å². The standard InChI is InChI=1S/C17H24ClNO/c18-16-11-13-4-2-1-3-5-14(13)15(17(16)20)10-12-6-8-19-9-7-12/h11-12,19-20H,1-10H2. The van der Waals surface area contributed by atoms with E-state index in [2.05, 4.69) is 5.32 Å². The van der Waals surface area contributed by atoms with Crippen molar-refractivity contribution in [1.29, 1.82) is 0 Å². The van der Waals surface area contributed by atoms with E-state index >= 15 is 0 Å². The summed E-state index contributed by atoms with van der Waals surface area (Å²) in [6.07, 6.45) is 9.43. The van der Waals surface area contributed by atoms with Gasteiger partial charge >= 0.3 is 0 Å². The molecule has 110 valence electrons. The maximum absolute atomic E-state index is 10.4. The summed E-state index contributed by atoms with van der Waals surface area (Å²) < 4.78 is 0. The average molecular weight is 294 g/mol. The molecule has 3 heteroatoms. The van der Waals surface area contributed by atoms with Crippen molar-refractivity contribution in [2.75, 3.05) is 13.1 Å². The lowest BCUT2D eigenvalue weighted by molar-refractivity contribution is 0.365. The van der Waals surface area contributed by atoms with Gasteiger partial charge in [-0.3, -0.25) is 0 Å². The van der Waals surface area contributed by atoms with E-state index in [1.54, 1.807) is 0 Å². The van der Waals surface area contributed by atoms with E-state index in [0.717, 1.165) is 37.9 Å². The van der Waals surface area contributed by atoms with Crippen LogP contribution in [0.2, 0.25) is 5.02 Å². The molecule has 1 aromatic rings. The molecule has 0 unspecified atom stereocenters. The van der Waals surface area contributed by atoms with Gasteiger partial charge in [0.25, 0.3) is 0 Å². The van der Waals surface area contributed by atoms with E-state index in [1.807, 2.05) is 6.07 Å². The molecule has 1 aromatic carbocycles. The molecule has 1 fully saturated rings. The number of phenolic OH excluding ortho intramolecular Hbond substituents is 1. The number of phenols is 1. The van der Waals surface area contributed by atoms with E-state index in [1.165, 1.54) is 43.2 Å². The van der Waals surface area contributed by atoms with Crippen molar-refractivity contribution in [2.24, 2.45) is 5.92 Å². The van der Waals surface area contributed by atoms with Crippen molar-refractivity contribution in [3.8, 4) is 5.75 Å². The second kappa shape index (κ2) is 6.36. The largest absolute Gasteiger partial charge is 0.506 e. The highest BCUT2D eigenvalue weighted by atomic mass is 35.5. The van der Waals surface area contributed by atoms with Gasteiger partial charge in [0.2, 0.25) is 0 Å². The van der Waals surface area contributed by atoms with Gasteiger partial charge in [0.15, 0.2) is 0 Å². The van der Waals surface area contributed by atoms with Crippen molar-refractivity contribution in [3.63, 3.8) is 0 Å². The molecule has 2 N–H and O–H groups in total. The first-order valence-corrected chi connectivity index (χ1v) is 8.36. The highest BCUT2D eigenvalue weighted by molar-refractivity contribution is 6.32. The van der Waals surface area contributed by atoms with Crippen molar-refractivity contribution in [1.82, 2.24) is 5.32 Å². The summed E-state index contributed by atoms with van der Waals surface area (Å²) in [6, 6.07) is 2.00. The maximum atomic E-state index is 10.4. The van der Waals surface area contributed by atoms with E-state index in [-0.39, 0.29) is 0 Å². The lowest BCUT2D eigenvalue weighted by Crippen LogP contribution is -2.29. The Balaban J connectivity index is 1.92. The third kappa shape index (κ3) is 2.96. The molecule has 0 radical (unpaired) electrons. The highest BCUT2D eigenvalue weighted by Gasteiger charge is 2.22. The number of hydrogen-bond donors (Lipinski definition) is 2. The number of nitrogens with one attached hydrogen (secondary N) is 1. The lowest BCUT2D eigenvalue weighted by Gasteiger charge is -2.25. The zero-order valence-corrected chi connectivity index (χ0v) is 12.8. The first-order chi connectivity index (χ1) is 9.75. The van der Waals surface area contributed by atoms with Crippen LogP contribution in [0.1, 0.15) is 48.8 Å². The molecule has 1 aliphatic heterocycles. The predicted octanol–water partition coefficient (Wildman–Crippen LogP) is 3.86.